The van der Waals surface area contributed by atoms with Gasteiger partial charge < -0.3 is 0 Å². The lowest BCUT2D eigenvalue weighted by atomic mass is 9.99. The van der Waals surface area contributed by atoms with Gasteiger partial charge in [-0.15, -0.1) is 6.58 Å². The minimum absolute atomic E-state index is 0.759. The summed E-state index contributed by atoms with van der Waals surface area (Å²) in [4.78, 5) is 0. The van der Waals surface area contributed by atoms with Crippen molar-refractivity contribution < 1.29 is 0 Å². The molecule has 0 aromatic rings. The van der Waals surface area contributed by atoms with E-state index in [2.05, 4.69) is 61.5 Å². The van der Waals surface area contributed by atoms with Crippen molar-refractivity contribution in [3.05, 3.63) is 36.0 Å². The lowest BCUT2D eigenvalue weighted by Gasteiger charge is -2.07. The summed E-state index contributed by atoms with van der Waals surface area (Å²) in [5.74, 6) is 0.759. The molecule has 1 atom stereocenters. The van der Waals surface area contributed by atoms with E-state index < -0.39 is 0 Å². The zero-order chi connectivity index (χ0) is 11.7. The minimum Gasteiger partial charge on any atom is -0.100 e. The van der Waals surface area contributed by atoms with Crippen LogP contribution in [0.5, 0.6) is 0 Å². The zero-order valence-electron chi connectivity index (χ0n) is 10.2. The van der Waals surface area contributed by atoms with Crippen molar-refractivity contribution in [2.45, 2.75) is 40.0 Å². The fourth-order valence-corrected chi connectivity index (χ4v) is 1.80. The molecule has 0 aromatic heterocycles. The van der Waals surface area contributed by atoms with E-state index in [0.717, 1.165) is 17.7 Å². The number of allylic oxidation sites excluding steroid dienone is 5. The van der Waals surface area contributed by atoms with E-state index in [1.165, 1.54) is 24.0 Å². The van der Waals surface area contributed by atoms with Gasteiger partial charge in [0.1, 0.15) is 0 Å². The van der Waals surface area contributed by atoms with Crippen molar-refractivity contribution in [2.24, 2.45) is 5.92 Å². The molecule has 0 spiro atoms. The first-order valence-electron chi connectivity index (χ1n) is 5.60. The lowest BCUT2D eigenvalue weighted by molar-refractivity contribution is 0.539. The molecule has 0 aliphatic carbocycles. The van der Waals surface area contributed by atoms with E-state index in [0.29, 0.717) is 0 Å². The van der Waals surface area contributed by atoms with Crippen LogP contribution in [0, 0.1) is 5.92 Å². The van der Waals surface area contributed by atoms with E-state index in [4.69, 9.17) is 0 Å². The highest BCUT2D eigenvalue weighted by molar-refractivity contribution is 9.09. The smallest absolute Gasteiger partial charge is 0.0217 e. The molecule has 15 heavy (non-hydrogen) atoms. The highest BCUT2D eigenvalue weighted by Crippen LogP contribution is 2.14. The molecule has 1 heteroatoms. The first-order chi connectivity index (χ1) is 7.06. The predicted octanol–water partition coefficient (Wildman–Crippen LogP) is 5.27. The van der Waals surface area contributed by atoms with Crippen LogP contribution in [0.2, 0.25) is 0 Å². The van der Waals surface area contributed by atoms with E-state index in [1.807, 2.05) is 0 Å². The molecule has 0 aliphatic rings. The second kappa shape index (κ2) is 8.96. The number of hydrogen-bond donors (Lipinski definition) is 0. The van der Waals surface area contributed by atoms with E-state index in [9.17, 15) is 0 Å². The van der Waals surface area contributed by atoms with Crippen molar-refractivity contribution in [1.82, 2.24) is 0 Å². The van der Waals surface area contributed by atoms with Crippen LogP contribution in [0.4, 0.5) is 0 Å². The highest BCUT2D eigenvalue weighted by Gasteiger charge is 1.98. The fourth-order valence-electron chi connectivity index (χ4n) is 1.29. The van der Waals surface area contributed by atoms with Crippen LogP contribution in [0.25, 0.3) is 0 Å². The molecule has 0 saturated heterocycles. The summed E-state index contributed by atoms with van der Waals surface area (Å²) in [5, 5.41) is 0.939. The number of alkyl halides is 1. The molecule has 0 N–H and O–H groups in total. The topological polar surface area (TPSA) is 0 Å². The van der Waals surface area contributed by atoms with E-state index in [-0.39, 0.29) is 0 Å². The number of halogens is 1. The molecule has 0 amide bonds. The van der Waals surface area contributed by atoms with Gasteiger partial charge in [0.25, 0.3) is 0 Å². The summed E-state index contributed by atoms with van der Waals surface area (Å²) in [6.07, 6.45) is 10.2. The van der Waals surface area contributed by atoms with Gasteiger partial charge in [0.2, 0.25) is 0 Å². The molecule has 0 nitrogen and oxygen atoms in total. The van der Waals surface area contributed by atoms with Crippen LogP contribution in [-0.2, 0) is 0 Å². The molecule has 1 unspecified atom stereocenters. The van der Waals surface area contributed by atoms with Gasteiger partial charge in [-0.2, -0.15) is 0 Å². The van der Waals surface area contributed by atoms with Crippen LogP contribution in [0.15, 0.2) is 36.0 Å². The molecule has 0 aromatic carbocycles. The summed E-state index contributed by atoms with van der Waals surface area (Å²) in [6.45, 7) is 10.5. The fraction of sp³-hybridized carbons (Fsp3) is 0.571. The van der Waals surface area contributed by atoms with Crippen LogP contribution >= 0.6 is 15.9 Å². The zero-order valence-corrected chi connectivity index (χ0v) is 11.8. The molecule has 0 radical (unpaired) electrons. The van der Waals surface area contributed by atoms with Crippen LogP contribution in [0.1, 0.15) is 40.0 Å². The van der Waals surface area contributed by atoms with Crippen LogP contribution < -0.4 is 0 Å². The summed E-state index contributed by atoms with van der Waals surface area (Å²) in [6, 6.07) is 0. The Morgan fingerprint density at radius 3 is 2.60 bits per heavy atom. The van der Waals surface area contributed by atoms with Crippen molar-refractivity contribution in [3.63, 3.8) is 0 Å². The quantitative estimate of drug-likeness (QED) is 0.336. The van der Waals surface area contributed by atoms with Gasteiger partial charge in [-0.3, -0.25) is 0 Å². The largest absolute Gasteiger partial charge is 0.100 e. The van der Waals surface area contributed by atoms with Crippen LogP contribution in [0.3, 0.4) is 0 Å². The van der Waals surface area contributed by atoms with Crippen LogP contribution in [-0.4, -0.2) is 5.33 Å². The normalized spacial score (nSPS) is 14.5. The molecular weight excluding hydrogens is 248 g/mol. The second-order valence-corrected chi connectivity index (χ2v) is 4.99. The van der Waals surface area contributed by atoms with Crippen molar-refractivity contribution >= 4 is 15.9 Å². The maximum Gasteiger partial charge on any atom is 0.0217 e. The van der Waals surface area contributed by atoms with E-state index >= 15 is 0 Å². The Balaban J connectivity index is 3.74. The Hall–Kier alpha value is -0.300. The Labute approximate surface area is 103 Å². The molecule has 0 fully saturated rings. The maximum atomic E-state index is 3.93. The molecule has 0 aliphatic heterocycles. The first kappa shape index (κ1) is 14.7. The Morgan fingerprint density at radius 1 is 1.40 bits per heavy atom. The maximum absolute atomic E-state index is 3.93. The van der Waals surface area contributed by atoms with Gasteiger partial charge in [-0.25, -0.2) is 0 Å². The molecule has 0 saturated carbocycles. The average Bonchev–Trinajstić information content (AvgIpc) is 2.15. The molecule has 0 rings (SSSR count). The third kappa shape index (κ3) is 9.99. The van der Waals surface area contributed by atoms with Gasteiger partial charge in [-0.1, -0.05) is 52.2 Å². The SMILES string of the molecule is C=C(C)CCC(C)C/C=C/C(C)=C/CBr. The van der Waals surface area contributed by atoms with Gasteiger partial charge in [0.15, 0.2) is 0 Å². The number of hydrogen-bond acceptors (Lipinski definition) is 0. The molecule has 0 heterocycles. The third-order valence-electron chi connectivity index (χ3n) is 2.38. The lowest BCUT2D eigenvalue weighted by Crippen LogP contribution is -1.92. The van der Waals surface area contributed by atoms with Gasteiger partial charge in [0.05, 0.1) is 0 Å². The minimum atomic E-state index is 0.759. The third-order valence-corrected chi connectivity index (χ3v) is 2.71. The standard InChI is InChI=1S/C14H23Br/c1-12(2)8-9-13(3)6-5-7-14(4)10-11-15/h5,7,10,13H,1,6,8-9,11H2,2-4H3/b7-5+,14-10+. The average molecular weight is 271 g/mol. The number of rotatable bonds is 7. The summed E-state index contributed by atoms with van der Waals surface area (Å²) in [5.41, 5.74) is 2.63. The second-order valence-electron chi connectivity index (χ2n) is 4.34. The van der Waals surface area contributed by atoms with Gasteiger partial charge >= 0.3 is 0 Å². The van der Waals surface area contributed by atoms with Crippen molar-refractivity contribution in [1.29, 1.82) is 0 Å². The Morgan fingerprint density at radius 2 is 2.07 bits per heavy atom. The monoisotopic (exact) mass is 270 g/mol. The Bertz CT molecular complexity index is 236. The first-order valence-corrected chi connectivity index (χ1v) is 6.72. The van der Waals surface area contributed by atoms with E-state index in [1.54, 1.807) is 0 Å². The van der Waals surface area contributed by atoms with Crippen molar-refractivity contribution in [3.8, 4) is 0 Å². The van der Waals surface area contributed by atoms with Gasteiger partial charge in [0, 0.05) is 5.33 Å². The molecular formula is C14H23Br. The van der Waals surface area contributed by atoms with Gasteiger partial charge in [-0.05, 0) is 39.0 Å². The van der Waals surface area contributed by atoms with Crippen molar-refractivity contribution in [2.75, 3.05) is 5.33 Å². The summed E-state index contributed by atoms with van der Waals surface area (Å²) in [7, 11) is 0. The summed E-state index contributed by atoms with van der Waals surface area (Å²) < 4.78 is 0. The highest BCUT2D eigenvalue weighted by atomic mass is 79.9. The Kier molecular flexibility index (Phi) is 8.79. The predicted molar refractivity (Wildman–Crippen MR) is 74.5 cm³/mol. The molecule has 86 valence electrons. The molecule has 0 bridgehead atoms. The summed E-state index contributed by atoms with van der Waals surface area (Å²) >= 11 is 3.39.